The molecular formula is C24H27ClN4O3S2. The zero-order valence-corrected chi connectivity index (χ0v) is 21.6. The number of amides is 3. The Bertz CT molecular complexity index is 1130. The number of anilines is 1. The molecule has 1 saturated heterocycles. The molecule has 1 aliphatic heterocycles. The van der Waals surface area contributed by atoms with Gasteiger partial charge in [0.25, 0.3) is 5.91 Å². The van der Waals surface area contributed by atoms with Gasteiger partial charge in [-0.2, -0.15) is 0 Å². The monoisotopic (exact) mass is 518 g/mol. The minimum Gasteiger partial charge on any atom is -0.335 e. The van der Waals surface area contributed by atoms with Crippen LogP contribution in [-0.2, 0) is 9.59 Å². The molecule has 180 valence electrons. The van der Waals surface area contributed by atoms with Crippen LogP contribution in [0.25, 0.3) is 0 Å². The number of benzene rings is 1. The Morgan fingerprint density at radius 1 is 1.32 bits per heavy atom. The van der Waals surface area contributed by atoms with Crippen molar-refractivity contribution in [3.8, 4) is 0 Å². The van der Waals surface area contributed by atoms with Gasteiger partial charge in [-0.3, -0.25) is 14.4 Å². The lowest BCUT2D eigenvalue weighted by atomic mass is 10.1. The van der Waals surface area contributed by atoms with Crippen molar-refractivity contribution < 1.29 is 14.4 Å². The van der Waals surface area contributed by atoms with E-state index in [0.29, 0.717) is 35.4 Å². The third-order valence-corrected chi connectivity index (χ3v) is 8.55. The van der Waals surface area contributed by atoms with E-state index in [4.69, 9.17) is 11.6 Å². The molecule has 34 heavy (non-hydrogen) atoms. The molecule has 3 amide bonds. The molecule has 0 spiro atoms. The van der Waals surface area contributed by atoms with E-state index in [1.165, 1.54) is 29.2 Å². The second kappa shape index (κ2) is 10.5. The number of piperazine rings is 1. The Balaban J connectivity index is 1.48. The van der Waals surface area contributed by atoms with Gasteiger partial charge in [-0.05, 0) is 50.0 Å². The molecule has 1 N–H and O–H groups in total. The molecule has 1 atom stereocenters. The molecule has 2 aromatic rings. The smallest absolute Gasteiger partial charge is 0.255 e. The number of aryl methyl sites for hydroxylation is 1. The molecular weight excluding hydrogens is 492 g/mol. The molecule has 1 aliphatic carbocycles. The Morgan fingerprint density at radius 3 is 2.76 bits per heavy atom. The van der Waals surface area contributed by atoms with Crippen molar-refractivity contribution in [1.82, 2.24) is 14.8 Å². The molecule has 1 aromatic heterocycles. The first-order valence-electron chi connectivity index (χ1n) is 11.3. The highest BCUT2D eigenvalue weighted by Crippen LogP contribution is 2.38. The van der Waals surface area contributed by atoms with E-state index >= 15 is 0 Å². The van der Waals surface area contributed by atoms with E-state index in [-0.39, 0.29) is 29.7 Å². The predicted molar refractivity (Wildman–Crippen MR) is 136 cm³/mol. The standard InChI is InChI=1S/C24H27ClN4O3S2/c1-4-16-13-28(8-9-29(16)20(30)5-2)23(32)17-11-19(14(3)10-18(17)25)33-21-12-26-24(34-21)27-22(31)15-6-7-15/h5,10-12,15-16H,2,4,6-9,13H2,1,3H3,(H,26,27,31). The van der Waals surface area contributed by atoms with E-state index in [1.54, 1.807) is 16.0 Å². The first kappa shape index (κ1) is 24.8. The van der Waals surface area contributed by atoms with Crippen LogP contribution in [0, 0.1) is 12.8 Å². The fraction of sp³-hybridized carbons (Fsp3) is 0.417. The summed E-state index contributed by atoms with van der Waals surface area (Å²) in [4.78, 5) is 46.3. The van der Waals surface area contributed by atoms with E-state index in [0.717, 1.165) is 33.9 Å². The van der Waals surface area contributed by atoms with Gasteiger partial charge in [-0.15, -0.1) is 0 Å². The lowest BCUT2D eigenvalue weighted by Gasteiger charge is -2.41. The summed E-state index contributed by atoms with van der Waals surface area (Å²) in [5.74, 6) is -0.0983. The zero-order valence-electron chi connectivity index (χ0n) is 19.2. The molecule has 2 heterocycles. The number of rotatable bonds is 7. The summed E-state index contributed by atoms with van der Waals surface area (Å²) in [5.41, 5.74) is 1.40. The Kier molecular flexibility index (Phi) is 7.64. The second-order valence-electron chi connectivity index (χ2n) is 8.50. The average Bonchev–Trinajstić information content (AvgIpc) is 3.60. The fourth-order valence-electron chi connectivity index (χ4n) is 3.92. The summed E-state index contributed by atoms with van der Waals surface area (Å²) in [5, 5.41) is 3.86. The number of thiazole rings is 1. The maximum absolute atomic E-state index is 13.4. The van der Waals surface area contributed by atoms with Crippen molar-refractivity contribution in [2.75, 3.05) is 25.0 Å². The van der Waals surface area contributed by atoms with Gasteiger partial charge >= 0.3 is 0 Å². The fourth-order valence-corrected chi connectivity index (χ4v) is 6.16. The lowest BCUT2D eigenvalue weighted by Crippen LogP contribution is -2.56. The van der Waals surface area contributed by atoms with Gasteiger partial charge in [-0.25, -0.2) is 4.98 Å². The topological polar surface area (TPSA) is 82.6 Å². The van der Waals surface area contributed by atoms with Crippen molar-refractivity contribution in [1.29, 1.82) is 0 Å². The number of halogens is 1. The molecule has 1 saturated carbocycles. The summed E-state index contributed by atoms with van der Waals surface area (Å²) < 4.78 is 0.914. The van der Waals surface area contributed by atoms with Crippen LogP contribution >= 0.6 is 34.7 Å². The SMILES string of the molecule is C=CC(=O)N1CCN(C(=O)c2cc(Sc3cnc(NC(=O)C4CC4)s3)c(C)cc2Cl)CC1CC. The molecule has 0 bridgehead atoms. The van der Waals surface area contributed by atoms with Crippen LogP contribution in [0.2, 0.25) is 5.02 Å². The summed E-state index contributed by atoms with van der Waals surface area (Å²) >= 11 is 9.40. The van der Waals surface area contributed by atoms with E-state index in [2.05, 4.69) is 16.9 Å². The highest BCUT2D eigenvalue weighted by molar-refractivity contribution is 8.01. The van der Waals surface area contributed by atoms with Crippen LogP contribution in [0.5, 0.6) is 0 Å². The number of nitrogens with zero attached hydrogens (tertiary/aromatic N) is 3. The van der Waals surface area contributed by atoms with E-state index in [1.807, 2.05) is 26.0 Å². The van der Waals surface area contributed by atoms with Gasteiger partial charge in [-0.1, -0.05) is 48.2 Å². The zero-order chi connectivity index (χ0) is 24.4. The van der Waals surface area contributed by atoms with Crippen LogP contribution in [0.1, 0.15) is 42.1 Å². The van der Waals surface area contributed by atoms with Crippen molar-refractivity contribution in [3.05, 3.63) is 47.1 Å². The third kappa shape index (κ3) is 5.47. The molecule has 2 fully saturated rings. The first-order valence-corrected chi connectivity index (χ1v) is 13.3. The van der Waals surface area contributed by atoms with Gasteiger partial charge in [0.15, 0.2) is 5.13 Å². The van der Waals surface area contributed by atoms with E-state index in [9.17, 15) is 14.4 Å². The number of carbonyl (C=O) groups excluding carboxylic acids is 3. The Hall–Kier alpha value is -2.36. The quantitative estimate of drug-likeness (QED) is 0.529. The largest absolute Gasteiger partial charge is 0.335 e. The third-order valence-electron chi connectivity index (χ3n) is 6.07. The molecule has 4 rings (SSSR count). The van der Waals surface area contributed by atoms with Crippen LogP contribution in [0.3, 0.4) is 0 Å². The second-order valence-corrected chi connectivity index (χ2v) is 11.3. The van der Waals surface area contributed by atoms with Crippen LogP contribution in [-0.4, -0.2) is 58.2 Å². The number of hydrogen-bond acceptors (Lipinski definition) is 6. The van der Waals surface area contributed by atoms with Gasteiger partial charge < -0.3 is 15.1 Å². The normalized spacial score (nSPS) is 18.0. The van der Waals surface area contributed by atoms with Gasteiger partial charge in [0.2, 0.25) is 11.8 Å². The number of aromatic nitrogens is 1. The average molecular weight is 519 g/mol. The highest BCUT2D eigenvalue weighted by atomic mass is 35.5. The Morgan fingerprint density at radius 2 is 2.09 bits per heavy atom. The maximum atomic E-state index is 13.4. The lowest BCUT2D eigenvalue weighted by molar-refractivity contribution is -0.130. The first-order chi connectivity index (χ1) is 16.3. The van der Waals surface area contributed by atoms with Crippen molar-refractivity contribution >= 4 is 57.6 Å². The summed E-state index contributed by atoms with van der Waals surface area (Å²) in [6.45, 7) is 8.91. The van der Waals surface area contributed by atoms with Gasteiger partial charge in [0.05, 0.1) is 21.0 Å². The van der Waals surface area contributed by atoms with E-state index < -0.39 is 0 Å². The molecule has 1 aromatic carbocycles. The number of carbonyl (C=O) groups is 3. The van der Waals surface area contributed by atoms with Crippen molar-refractivity contribution in [2.24, 2.45) is 5.92 Å². The summed E-state index contributed by atoms with van der Waals surface area (Å²) in [6.07, 6.45) is 5.69. The molecule has 0 radical (unpaired) electrons. The predicted octanol–water partition coefficient (Wildman–Crippen LogP) is 4.85. The van der Waals surface area contributed by atoms with Crippen molar-refractivity contribution in [2.45, 2.75) is 48.3 Å². The summed E-state index contributed by atoms with van der Waals surface area (Å²) in [6, 6.07) is 3.58. The molecule has 7 nitrogen and oxygen atoms in total. The number of hydrogen-bond donors (Lipinski definition) is 1. The minimum absolute atomic E-state index is 0.0294. The van der Waals surface area contributed by atoms with Gasteiger partial charge in [0.1, 0.15) is 0 Å². The Labute approximate surface area is 212 Å². The highest BCUT2D eigenvalue weighted by Gasteiger charge is 2.32. The molecule has 10 heteroatoms. The van der Waals surface area contributed by atoms with Crippen molar-refractivity contribution in [3.63, 3.8) is 0 Å². The van der Waals surface area contributed by atoms with Crippen LogP contribution in [0.4, 0.5) is 5.13 Å². The molecule has 2 aliphatic rings. The maximum Gasteiger partial charge on any atom is 0.255 e. The van der Waals surface area contributed by atoms with Crippen LogP contribution in [0.15, 0.2) is 40.1 Å². The van der Waals surface area contributed by atoms with Crippen LogP contribution < -0.4 is 5.32 Å². The summed E-state index contributed by atoms with van der Waals surface area (Å²) in [7, 11) is 0. The van der Waals surface area contributed by atoms with Gasteiger partial charge in [0, 0.05) is 36.5 Å². The molecule has 1 unspecified atom stereocenters. The number of nitrogens with one attached hydrogen (secondary N) is 1. The minimum atomic E-state index is -0.141.